The van der Waals surface area contributed by atoms with Crippen LogP contribution in [0.4, 0.5) is 11.5 Å². The summed E-state index contributed by atoms with van der Waals surface area (Å²) in [5.41, 5.74) is 4.11. The Hall–Kier alpha value is -4.03. The first-order chi connectivity index (χ1) is 15.7. The summed E-state index contributed by atoms with van der Waals surface area (Å²) in [6.07, 6.45) is 3.23. The number of carbonyl (C=O) groups is 1. The van der Waals surface area contributed by atoms with Crippen molar-refractivity contribution in [2.75, 3.05) is 5.32 Å². The fourth-order valence-corrected chi connectivity index (χ4v) is 3.73. The minimum Gasteiger partial charge on any atom is -0.338 e. The molecule has 0 amide bonds. The number of fused-ring (bicyclic) bond motifs is 1. The van der Waals surface area contributed by atoms with Crippen LogP contribution in [-0.2, 0) is 6.54 Å². The molecule has 0 saturated carbocycles. The number of carbonyl (C=O) groups excluding carboxylic acids is 1. The first-order valence-electron chi connectivity index (χ1n) is 10.0. The van der Waals surface area contributed by atoms with Crippen LogP contribution in [0, 0.1) is 0 Å². The topological polar surface area (TPSA) is 72.7 Å². The molecule has 7 heteroatoms. The van der Waals surface area contributed by atoms with E-state index in [0.717, 1.165) is 5.56 Å². The molecule has 0 aliphatic heterocycles. The summed E-state index contributed by atoms with van der Waals surface area (Å²) in [7, 11) is 0. The number of hydrogen-bond donors (Lipinski definition) is 1. The zero-order valence-corrected chi connectivity index (χ0v) is 17.7. The molecule has 2 heterocycles. The number of ketones is 1. The van der Waals surface area contributed by atoms with Crippen LogP contribution in [0.25, 0.3) is 11.2 Å². The fourth-order valence-electron chi connectivity index (χ4n) is 3.55. The van der Waals surface area contributed by atoms with Gasteiger partial charge in [0.05, 0.1) is 18.6 Å². The minimum atomic E-state index is -0.129. The summed E-state index contributed by atoms with van der Waals surface area (Å²) < 4.78 is 1.97. The molecule has 32 heavy (non-hydrogen) atoms. The van der Waals surface area contributed by atoms with Crippen molar-refractivity contribution in [2.45, 2.75) is 6.54 Å². The third-order valence-electron chi connectivity index (χ3n) is 5.11. The van der Waals surface area contributed by atoms with Gasteiger partial charge in [-0.2, -0.15) is 0 Å². The van der Waals surface area contributed by atoms with Crippen molar-refractivity contribution in [3.8, 4) is 0 Å². The van der Waals surface area contributed by atoms with E-state index in [1.165, 1.54) is 6.33 Å². The third kappa shape index (κ3) is 3.96. The van der Waals surface area contributed by atoms with Gasteiger partial charge in [-0.3, -0.25) is 4.79 Å². The number of rotatable bonds is 6. The molecule has 0 saturated heterocycles. The van der Waals surface area contributed by atoms with Gasteiger partial charge in [-0.15, -0.1) is 0 Å². The second-order valence-electron chi connectivity index (χ2n) is 7.26. The van der Waals surface area contributed by atoms with Gasteiger partial charge in [-0.05, 0) is 23.8 Å². The van der Waals surface area contributed by atoms with Crippen LogP contribution >= 0.6 is 11.6 Å². The van der Waals surface area contributed by atoms with Crippen molar-refractivity contribution >= 4 is 40.1 Å². The highest BCUT2D eigenvalue weighted by molar-refractivity contribution is 6.31. The predicted molar refractivity (Wildman–Crippen MR) is 125 cm³/mol. The summed E-state index contributed by atoms with van der Waals surface area (Å²) in [5.74, 6) is 0.391. The molecule has 6 nitrogen and oxygen atoms in total. The average molecular weight is 440 g/mol. The molecule has 0 spiro atoms. The Balaban J connectivity index is 1.51. The van der Waals surface area contributed by atoms with Crippen molar-refractivity contribution in [1.82, 2.24) is 19.5 Å². The van der Waals surface area contributed by atoms with Crippen molar-refractivity contribution in [2.24, 2.45) is 0 Å². The Morgan fingerprint density at radius 2 is 1.66 bits per heavy atom. The number of halogens is 1. The average Bonchev–Trinajstić information content (AvgIpc) is 3.24. The molecule has 156 valence electrons. The van der Waals surface area contributed by atoms with Gasteiger partial charge in [0.25, 0.3) is 0 Å². The van der Waals surface area contributed by atoms with Gasteiger partial charge in [0.15, 0.2) is 22.8 Å². The summed E-state index contributed by atoms with van der Waals surface area (Å²) in [6, 6.07) is 24.4. The largest absolute Gasteiger partial charge is 0.338 e. The molecule has 0 fully saturated rings. The van der Waals surface area contributed by atoms with Crippen molar-refractivity contribution in [3.05, 3.63) is 113 Å². The number of nitrogens with zero attached hydrogens (tertiary/aromatic N) is 4. The standard InChI is InChI=1S/C25H18ClN5O/c26-19-11-12-21(20(13-19)23(32)18-9-5-2-6-10-18)30-24-22-25(28-15-27-24)31(16-29-22)14-17-7-3-1-4-8-17/h1-13,15-16H,14H2,(H,27,28,30). The second-order valence-corrected chi connectivity index (χ2v) is 7.70. The molecular weight excluding hydrogens is 422 g/mol. The summed E-state index contributed by atoms with van der Waals surface area (Å²) in [4.78, 5) is 26.5. The Morgan fingerprint density at radius 3 is 2.44 bits per heavy atom. The Kier molecular flexibility index (Phi) is 5.35. The highest BCUT2D eigenvalue weighted by atomic mass is 35.5. The zero-order valence-electron chi connectivity index (χ0n) is 16.9. The number of aromatic nitrogens is 4. The van der Waals surface area contributed by atoms with Gasteiger partial charge >= 0.3 is 0 Å². The monoisotopic (exact) mass is 439 g/mol. The fraction of sp³-hybridized carbons (Fsp3) is 0.0400. The van der Waals surface area contributed by atoms with Crippen LogP contribution < -0.4 is 5.32 Å². The molecule has 0 unspecified atom stereocenters. The quantitative estimate of drug-likeness (QED) is 0.353. The van der Waals surface area contributed by atoms with Crippen LogP contribution in [0.1, 0.15) is 21.5 Å². The molecule has 3 aromatic carbocycles. The SMILES string of the molecule is O=C(c1ccccc1)c1cc(Cl)ccc1Nc1ncnc2c1ncn2Cc1ccccc1. The maximum Gasteiger partial charge on any atom is 0.195 e. The Labute approximate surface area is 189 Å². The molecule has 5 rings (SSSR count). The minimum absolute atomic E-state index is 0.129. The summed E-state index contributed by atoms with van der Waals surface area (Å²) in [5, 5.41) is 3.75. The van der Waals surface area contributed by atoms with Crippen LogP contribution in [0.3, 0.4) is 0 Å². The van der Waals surface area contributed by atoms with E-state index in [-0.39, 0.29) is 5.78 Å². The first kappa shape index (κ1) is 19.9. The van der Waals surface area contributed by atoms with Crippen molar-refractivity contribution in [3.63, 3.8) is 0 Å². The number of benzene rings is 3. The molecule has 0 aliphatic rings. The number of anilines is 2. The number of imidazole rings is 1. The maximum atomic E-state index is 13.1. The van der Waals surface area contributed by atoms with Gasteiger partial charge in [0.1, 0.15) is 6.33 Å². The molecule has 0 radical (unpaired) electrons. The van der Waals surface area contributed by atoms with Crippen molar-refractivity contribution < 1.29 is 4.79 Å². The molecule has 0 bridgehead atoms. The smallest absolute Gasteiger partial charge is 0.195 e. The zero-order chi connectivity index (χ0) is 21.9. The van der Waals surface area contributed by atoms with E-state index in [4.69, 9.17) is 11.6 Å². The van der Waals surface area contributed by atoms with Gasteiger partial charge in [-0.25, -0.2) is 15.0 Å². The Morgan fingerprint density at radius 1 is 0.906 bits per heavy atom. The molecule has 5 aromatic rings. The summed E-state index contributed by atoms with van der Waals surface area (Å²) >= 11 is 6.21. The van der Waals surface area contributed by atoms with E-state index < -0.39 is 0 Å². The van der Waals surface area contributed by atoms with Crippen LogP contribution in [0.15, 0.2) is 91.5 Å². The van der Waals surface area contributed by atoms with E-state index in [1.807, 2.05) is 41.0 Å². The highest BCUT2D eigenvalue weighted by Crippen LogP contribution is 2.28. The lowest BCUT2D eigenvalue weighted by Gasteiger charge is -2.12. The van der Waals surface area contributed by atoms with E-state index in [9.17, 15) is 4.79 Å². The van der Waals surface area contributed by atoms with Crippen LogP contribution in [-0.4, -0.2) is 25.3 Å². The molecule has 0 aliphatic carbocycles. The van der Waals surface area contributed by atoms with E-state index in [0.29, 0.717) is 45.4 Å². The normalized spacial score (nSPS) is 10.9. The van der Waals surface area contributed by atoms with Gasteiger partial charge in [0.2, 0.25) is 0 Å². The highest BCUT2D eigenvalue weighted by Gasteiger charge is 2.17. The van der Waals surface area contributed by atoms with Gasteiger partial charge in [0, 0.05) is 16.1 Å². The Bertz CT molecular complexity index is 1400. The van der Waals surface area contributed by atoms with E-state index in [2.05, 4.69) is 32.4 Å². The lowest BCUT2D eigenvalue weighted by atomic mass is 10.0. The lowest BCUT2D eigenvalue weighted by Crippen LogP contribution is -2.07. The van der Waals surface area contributed by atoms with E-state index in [1.54, 1.807) is 36.7 Å². The molecule has 1 N–H and O–H groups in total. The maximum absolute atomic E-state index is 13.1. The van der Waals surface area contributed by atoms with Crippen LogP contribution in [0.5, 0.6) is 0 Å². The van der Waals surface area contributed by atoms with Gasteiger partial charge < -0.3 is 9.88 Å². The second kappa shape index (κ2) is 8.61. The number of hydrogen-bond acceptors (Lipinski definition) is 5. The van der Waals surface area contributed by atoms with Crippen molar-refractivity contribution in [1.29, 1.82) is 0 Å². The number of nitrogens with one attached hydrogen (secondary N) is 1. The van der Waals surface area contributed by atoms with Crippen LogP contribution in [0.2, 0.25) is 5.02 Å². The van der Waals surface area contributed by atoms with Gasteiger partial charge in [-0.1, -0.05) is 72.3 Å². The first-order valence-corrected chi connectivity index (χ1v) is 10.4. The third-order valence-corrected chi connectivity index (χ3v) is 5.35. The molecule has 2 aromatic heterocycles. The van der Waals surface area contributed by atoms with E-state index >= 15 is 0 Å². The molecule has 0 atom stereocenters. The molecular formula is C25H18ClN5O. The predicted octanol–water partition coefficient (Wildman–Crippen LogP) is 5.50. The lowest BCUT2D eigenvalue weighted by molar-refractivity contribution is 0.103. The summed E-state index contributed by atoms with van der Waals surface area (Å²) in [6.45, 7) is 0.645.